The maximum absolute atomic E-state index is 13.7. The van der Waals surface area contributed by atoms with Crippen molar-refractivity contribution in [3.63, 3.8) is 0 Å². The number of unbranched alkanes of at least 4 members (excludes halogenated alkanes) is 13. The number of rotatable bonds is 22. The summed E-state index contributed by atoms with van der Waals surface area (Å²) in [5.74, 6) is 2.09. The highest BCUT2D eigenvalue weighted by molar-refractivity contribution is 6.03. The van der Waals surface area contributed by atoms with Gasteiger partial charge in [0.2, 0.25) is 5.91 Å². The molecule has 7 nitrogen and oxygen atoms in total. The summed E-state index contributed by atoms with van der Waals surface area (Å²) >= 11 is 0. The fourth-order valence-corrected chi connectivity index (χ4v) is 9.11. The number of carbonyl (C=O) groups is 3. The van der Waals surface area contributed by atoms with Gasteiger partial charge in [0, 0.05) is 19.0 Å². The average Bonchev–Trinajstić information content (AvgIpc) is 3.23. The van der Waals surface area contributed by atoms with E-state index >= 15 is 0 Å². The molecule has 42 heavy (non-hydrogen) atoms. The third kappa shape index (κ3) is 9.43. The summed E-state index contributed by atoms with van der Waals surface area (Å²) in [5.41, 5.74) is 5.49. The summed E-state index contributed by atoms with van der Waals surface area (Å²) in [6, 6.07) is -0.240. The van der Waals surface area contributed by atoms with Crippen LogP contribution in [0, 0.1) is 17.8 Å². The number of hydrogen-bond acceptors (Lipinski definition) is 4. The van der Waals surface area contributed by atoms with E-state index in [0.717, 1.165) is 51.4 Å². The van der Waals surface area contributed by atoms with E-state index in [1.54, 1.807) is 9.80 Å². The fraction of sp³-hybridized carbons (Fsp3) is 0.914. The lowest BCUT2D eigenvalue weighted by atomic mass is 9.52. The lowest BCUT2D eigenvalue weighted by molar-refractivity contribution is -0.138. The number of carbonyl (C=O) groups excluding carboxylic acids is 3. The maximum Gasteiger partial charge on any atom is 0.327 e. The van der Waals surface area contributed by atoms with E-state index in [-0.39, 0.29) is 36.0 Å². The van der Waals surface area contributed by atoms with Crippen LogP contribution in [0.3, 0.4) is 0 Å². The minimum Gasteiger partial charge on any atom is -0.352 e. The van der Waals surface area contributed by atoms with Crippen molar-refractivity contribution in [2.45, 2.75) is 166 Å². The monoisotopic (exact) mass is 586 g/mol. The van der Waals surface area contributed by atoms with Crippen LogP contribution >= 0.6 is 0 Å². The normalized spacial score (nSPS) is 27.3. The smallest absolute Gasteiger partial charge is 0.327 e. The molecule has 1 heterocycles. The Kier molecular flexibility index (Phi) is 13.5. The molecule has 0 unspecified atom stereocenters. The lowest BCUT2D eigenvalue weighted by Crippen LogP contribution is -2.62. The first kappa shape index (κ1) is 33.3. The standard InChI is InChI=1S/C35H62N4O3/c1-2-3-4-5-6-7-8-9-10-11-12-13-14-18-32(40)37-31(17-15-16-19-36)26-38-27-33(41)39(34(38)42)35-23-28-20-29(24-35)22-30(21-28)25-35/h28-31H,2-27,36H2,1H3,(H,37,40)/t28?,29?,30?,31-,35?/m0/s1. The third-order valence-electron chi connectivity index (χ3n) is 10.8. The van der Waals surface area contributed by atoms with Gasteiger partial charge in [-0.25, -0.2) is 4.79 Å². The first-order chi connectivity index (χ1) is 20.4. The van der Waals surface area contributed by atoms with Crippen LogP contribution in [-0.2, 0) is 9.59 Å². The number of urea groups is 1. The second kappa shape index (κ2) is 17.0. The number of imide groups is 1. The summed E-state index contributed by atoms with van der Waals surface area (Å²) in [6.07, 6.45) is 26.8. The molecule has 4 aliphatic carbocycles. The summed E-state index contributed by atoms with van der Waals surface area (Å²) < 4.78 is 0. The van der Waals surface area contributed by atoms with Crippen molar-refractivity contribution in [2.75, 3.05) is 19.6 Å². The Labute approximate surface area is 256 Å². The first-order valence-electron chi connectivity index (χ1n) is 18.1. The molecule has 3 N–H and O–H groups in total. The third-order valence-corrected chi connectivity index (χ3v) is 10.8. The first-order valence-corrected chi connectivity index (χ1v) is 18.1. The van der Waals surface area contributed by atoms with Gasteiger partial charge in [0.25, 0.3) is 5.91 Å². The van der Waals surface area contributed by atoms with Crippen LogP contribution in [0.5, 0.6) is 0 Å². The Bertz CT molecular complexity index is 826. The van der Waals surface area contributed by atoms with Crippen LogP contribution in [0.2, 0.25) is 0 Å². The van der Waals surface area contributed by atoms with E-state index in [0.29, 0.717) is 37.3 Å². The highest BCUT2D eigenvalue weighted by Gasteiger charge is 2.58. The SMILES string of the molecule is CCCCCCCCCCCCCCCC(=O)N[C@@H](CCCCN)CN1CC(=O)N(C23CC4CC(CC(C4)C2)C3)C1=O. The van der Waals surface area contributed by atoms with Crippen LogP contribution in [0.15, 0.2) is 0 Å². The van der Waals surface area contributed by atoms with Crippen LogP contribution in [0.1, 0.15) is 155 Å². The summed E-state index contributed by atoms with van der Waals surface area (Å²) in [7, 11) is 0. The molecule has 0 aromatic rings. The predicted molar refractivity (Wildman–Crippen MR) is 170 cm³/mol. The Morgan fingerprint density at radius 1 is 0.810 bits per heavy atom. The molecule has 1 aliphatic heterocycles. The van der Waals surface area contributed by atoms with Crippen LogP contribution in [0.25, 0.3) is 0 Å². The molecule has 5 fully saturated rings. The van der Waals surface area contributed by atoms with E-state index in [1.807, 2.05) is 0 Å². The van der Waals surface area contributed by atoms with Crippen LogP contribution in [-0.4, -0.2) is 58.9 Å². The molecule has 0 radical (unpaired) electrons. The van der Waals surface area contributed by atoms with Crippen molar-refractivity contribution in [3.05, 3.63) is 0 Å². The van der Waals surface area contributed by atoms with E-state index in [1.165, 1.54) is 89.9 Å². The molecule has 1 saturated heterocycles. The van der Waals surface area contributed by atoms with Crippen molar-refractivity contribution >= 4 is 17.8 Å². The Morgan fingerprint density at radius 2 is 1.33 bits per heavy atom. The number of nitrogens with zero attached hydrogens (tertiary/aromatic N) is 2. The molecule has 1 atom stereocenters. The van der Waals surface area contributed by atoms with Crippen molar-refractivity contribution in [3.8, 4) is 0 Å². The van der Waals surface area contributed by atoms with Gasteiger partial charge in [-0.2, -0.15) is 0 Å². The zero-order chi connectivity index (χ0) is 29.8. The van der Waals surface area contributed by atoms with Gasteiger partial charge in [-0.15, -0.1) is 0 Å². The molecule has 5 aliphatic rings. The van der Waals surface area contributed by atoms with Crippen molar-refractivity contribution in [1.29, 1.82) is 0 Å². The van der Waals surface area contributed by atoms with E-state index in [2.05, 4.69) is 12.2 Å². The maximum atomic E-state index is 13.7. The number of nitrogens with two attached hydrogens (primary N) is 1. The molecular weight excluding hydrogens is 524 g/mol. The lowest BCUT2D eigenvalue weighted by Gasteiger charge is -2.58. The van der Waals surface area contributed by atoms with Gasteiger partial charge in [0.15, 0.2) is 0 Å². The van der Waals surface area contributed by atoms with Gasteiger partial charge in [0.05, 0.1) is 5.54 Å². The van der Waals surface area contributed by atoms with Gasteiger partial charge >= 0.3 is 6.03 Å². The van der Waals surface area contributed by atoms with Gasteiger partial charge in [-0.3, -0.25) is 14.5 Å². The van der Waals surface area contributed by atoms with Crippen LogP contribution in [0.4, 0.5) is 4.79 Å². The zero-order valence-electron chi connectivity index (χ0n) is 26.9. The Morgan fingerprint density at radius 3 is 1.86 bits per heavy atom. The summed E-state index contributed by atoms with van der Waals surface area (Å²) in [6.45, 7) is 3.47. The fourth-order valence-electron chi connectivity index (χ4n) is 9.11. The molecule has 4 amide bonds. The molecule has 4 bridgehead atoms. The molecule has 0 aromatic carbocycles. The summed E-state index contributed by atoms with van der Waals surface area (Å²) in [5, 5.41) is 3.23. The zero-order valence-corrected chi connectivity index (χ0v) is 26.9. The van der Waals surface area contributed by atoms with Crippen LogP contribution < -0.4 is 11.1 Å². The Hall–Kier alpha value is -1.63. The number of hydrogen-bond donors (Lipinski definition) is 2. The molecular formula is C35H62N4O3. The van der Waals surface area contributed by atoms with E-state index in [9.17, 15) is 14.4 Å². The number of amides is 4. The average molecular weight is 587 g/mol. The highest BCUT2D eigenvalue weighted by atomic mass is 16.2. The Balaban J connectivity index is 1.15. The minimum atomic E-state index is -0.246. The largest absolute Gasteiger partial charge is 0.352 e. The van der Waals surface area contributed by atoms with Gasteiger partial charge in [-0.05, 0) is 82.1 Å². The highest BCUT2D eigenvalue weighted by Crippen LogP contribution is 2.58. The topological polar surface area (TPSA) is 95.7 Å². The van der Waals surface area contributed by atoms with Crippen molar-refractivity contribution < 1.29 is 14.4 Å². The summed E-state index contributed by atoms with van der Waals surface area (Å²) in [4.78, 5) is 43.3. The van der Waals surface area contributed by atoms with E-state index in [4.69, 9.17) is 5.73 Å². The van der Waals surface area contributed by atoms with Crippen molar-refractivity contribution in [2.24, 2.45) is 23.5 Å². The van der Waals surface area contributed by atoms with Crippen molar-refractivity contribution in [1.82, 2.24) is 15.1 Å². The number of nitrogens with one attached hydrogen (secondary N) is 1. The quantitative estimate of drug-likeness (QED) is 0.103. The van der Waals surface area contributed by atoms with Gasteiger partial charge in [0.1, 0.15) is 6.54 Å². The molecule has 4 saturated carbocycles. The predicted octanol–water partition coefficient (Wildman–Crippen LogP) is 7.31. The molecule has 0 aromatic heterocycles. The van der Waals surface area contributed by atoms with Gasteiger partial charge in [-0.1, -0.05) is 90.4 Å². The molecule has 240 valence electrons. The molecule has 5 rings (SSSR count). The minimum absolute atomic E-state index is 0.0269. The van der Waals surface area contributed by atoms with E-state index < -0.39 is 0 Å². The second-order valence-electron chi connectivity index (χ2n) is 14.6. The molecule has 7 heteroatoms. The van der Waals surface area contributed by atoms with Gasteiger partial charge < -0.3 is 16.0 Å². The second-order valence-corrected chi connectivity index (χ2v) is 14.6. The molecule has 0 spiro atoms.